The second-order valence-electron chi connectivity index (χ2n) is 5.46. The van der Waals surface area contributed by atoms with Gasteiger partial charge in [-0.25, -0.2) is 0 Å². The third kappa shape index (κ3) is 3.29. The lowest BCUT2D eigenvalue weighted by atomic mass is 10.1. The van der Waals surface area contributed by atoms with E-state index in [-0.39, 0.29) is 5.91 Å². The number of aromatic nitrogens is 2. The van der Waals surface area contributed by atoms with Crippen LogP contribution in [-0.4, -0.2) is 34.1 Å². The summed E-state index contributed by atoms with van der Waals surface area (Å²) in [7, 11) is 0. The smallest absolute Gasteiger partial charge is 0.247 e. The molecule has 0 aliphatic carbocycles. The molecule has 1 aromatic heterocycles. The summed E-state index contributed by atoms with van der Waals surface area (Å²) in [5.74, 6) is 1.23. The SMILES string of the molecule is Cc1cccc(-c2nnc(CCC(=O)N3CCCC3)o2)c1. The standard InChI is InChI=1S/C16H19N3O2/c1-12-5-4-6-13(11-12)16-18-17-14(21-16)7-8-15(20)19-9-2-3-10-19/h4-6,11H,2-3,7-10H2,1H3. The van der Waals surface area contributed by atoms with Crippen molar-refractivity contribution >= 4 is 5.91 Å². The fourth-order valence-electron chi connectivity index (χ4n) is 2.59. The Morgan fingerprint density at radius 3 is 2.86 bits per heavy atom. The number of nitrogens with zero attached hydrogens (tertiary/aromatic N) is 3. The minimum absolute atomic E-state index is 0.183. The van der Waals surface area contributed by atoms with Gasteiger partial charge in [0.1, 0.15) is 0 Å². The lowest BCUT2D eigenvalue weighted by Gasteiger charge is -2.13. The first kappa shape index (κ1) is 13.8. The molecule has 3 rings (SSSR count). The van der Waals surface area contributed by atoms with Crippen LogP contribution in [0.2, 0.25) is 0 Å². The largest absolute Gasteiger partial charge is 0.421 e. The van der Waals surface area contributed by atoms with Gasteiger partial charge in [0.05, 0.1) is 0 Å². The second-order valence-corrected chi connectivity index (χ2v) is 5.46. The fraction of sp³-hybridized carbons (Fsp3) is 0.438. The third-order valence-electron chi connectivity index (χ3n) is 3.74. The zero-order chi connectivity index (χ0) is 14.7. The van der Waals surface area contributed by atoms with E-state index < -0.39 is 0 Å². The molecule has 0 atom stereocenters. The van der Waals surface area contributed by atoms with Gasteiger partial charge in [-0.05, 0) is 31.9 Å². The highest BCUT2D eigenvalue weighted by atomic mass is 16.4. The maximum absolute atomic E-state index is 12.0. The van der Waals surface area contributed by atoms with E-state index in [9.17, 15) is 4.79 Å². The Morgan fingerprint density at radius 1 is 1.29 bits per heavy atom. The summed E-state index contributed by atoms with van der Waals surface area (Å²) >= 11 is 0. The monoisotopic (exact) mass is 285 g/mol. The van der Waals surface area contributed by atoms with Crippen LogP contribution < -0.4 is 0 Å². The van der Waals surface area contributed by atoms with Crippen molar-refractivity contribution < 1.29 is 9.21 Å². The molecule has 0 unspecified atom stereocenters. The van der Waals surface area contributed by atoms with E-state index in [4.69, 9.17) is 4.42 Å². The molecule has 1 amide bonds. The molecule has 0 N–H and O–H groups in total. The summed E-state index contributed by atoms with van der Waals surface area (Å²) < 4.78 is 5.64. The van der Waals surface area contributed by atoms with Crippen LogP contribution in [0.1, 0.15) is 30.7 Å². The van der Waals surface area contributed by atoms with Gasteiger partial charge in [0.2, 0.25) is 17.7 Å². The normalized spacial score (nSPS) is 14.6. The molecule has 1 aliphatic rings. The Balaban J connectivity index is 1.61. The molecule has 2 heterocycles. The molecule has 1 aromatic carbocycles. The Bertz CT molecular complexity index is 630. The first-order valence-corrected chi connectivity index (χ1v) is 7.39. The molecule has 1 fully saturated rings. The minimum atomic E-state index is 0.183. The second kappa shape index (κ2) is 6.08. The number of amides is 1. The number of aryl methyl sites for hydroxylation is 2. The van der Waals surface area contributed by atoms with Crippen molar-refractivity contribution in [3.63, 3.8) is 0 Å². The predicted molar refractivity (Wildman–Crippen MR) is 78.6 cm³/mol. The van der Waals surface area contributed by atoms with Crippen molar-refractivity contribution in [1.29, 1.82) is 0 Å². The Morgan fingerprint density at radius 2 is 2.10 bits per heavy atom. The van der Waals surface area contributed by atoms with E-state index in [1.54, 1.807) is 0 Å². The summed E-state index contributed by atoms with van der Waals surface area (Å²) in [6.07, 6.45) is 3.18. The molecule has 5 nitrogen and oxygen atoms in total. The highest BCUT2D eigenvalue weighted by molar-refractivity contribution is 5.76. The number of rotatable bonds is 4. The average Bonchev–Trinajstić information content (AvgIpc) is 3.16. The van der Waals surface area contributed by atoms with Crippen LogP contribution in [0.3, 0.4) is 0 Å². The number of likely N-dealkylation sites (tertiary alicyclic amines) is 1. The van der Waals surface area contributed by atoms with Crippen molar-refractivity contribution in [1.82, 2.24) is 15.1 Å². The van der Waals surface area contributed by atoms with Crippen LogP contribution in [0, 0.1) is 6.92 Å². The van der Waals surface area contributed by atoms with Gasteiger partial charge in [0.25, 0.3) is 0 Å². The van der Waals surface area contributed by atoms with E-state index in [0.717, 1.165) is 37.1 Å². The Hall–Kier alpha value is -2.17. The number of hydrogen-bond acceptors (Lipinski definition) is 4. The maximum atomic E-state index is 12.0. The molecule has 0 radical (unpaired) electrons. The first-order chi connectivity index (χ1) is 10.2. The van der Waals surface area contributed by atoms with Crippen molar-refractivity contribution in [2.24, 2.45) is 0 Å². The van der Waals surface area contributed by atoms with E-state index in [1.165, 1.54) is 0 Å². The van der Waals surface area contributed by atoms with Crippen LogP contribution in [-0.2, 0) is 11.2 Å². The molecule has 0 bridgehead atoms. The lowest BCUT2D eigenvalue weighted by molar-refractivity contribution is -0.130. The van der Waals surface area contributed by atoms with Gasteiger partial charge in [-0.15, -0.1) is 10.2 Å². The quantitative estimate of drug-likeness (QED) is 0.866. The zero-order valence-electron chi connectivity index (χ0n) is 12.2. The third-order valence-corrected chi connectivity index (χ3v) is 3.74. The van der Waals surface area contributed by atoms with Gasteiger partial charge >= 0.3 is 0 Å². The minimum Gasteiger partial charge on any atom is -0.421 e. The van der Waals surface area contributed by atoms with E-state index in [2.05, 4.69) is 10.2 Å². The van der Waals surface area contributed by atoms with Crippen LogP contribution in [0.25, 0.3) is 11.5 Å². The van der Waals surface area contributed by atoms with Crippen LogP contribution >= 0.6 is 0 Å². The molecule has 0 saturated carbocycles. The van der Waals surface area contributed by atoms with E-state index in [1.807, 2.05) is 36.1 Å². The predicted octanol–water partition coefficient (Wildman–Crippen LogP) is 2.60. The summed E-state index contributed by atoms with van der Waals surface area (Å²) in [6.45, 7) is 3.80. The Labute approximate surface area is 124 Å². The molecule has 0 spiro atoms. The fourth-order valence-corrected chi connectivity index (χ4v) is 2.59. The average molecular weight is 285 g/mol. The number of carbonyl (C=O) groups excluding carboxylic acids is 1. The molecular weight excluding hydrogens is 266 g/mol. The van der Waals surface area contributed by atoms with Crippen molar-refractivity contribution in [2.45, 2.75) is 32.6 Å². The number of carbonyl (C=O) groups is 1. The molecule has 2 aromatic rings. The Kier molecular flexibility index (Phi) is 3.99. The van der Waals surface area contributed by atoms with E-state index >= 15 is 0 Å². The van der Waals surface area contributed by atoms with Gasteiger partial charge in [-0.2, -0.15) is 0 Å². The van der Waals surface area contributed by atoms with Crippen molar-refractivity contribution in [2.75, 3.05) is 13.1 Å². The molecule has 21 heavy (non-hydrogen) atoms. The molecule has 1 saturated heterocycles. The summed E-state index contributed by atoms with van der Waals surface area (Å²) in [5, 5.41) is 8.09. The summed E-state index contributed by atoms with van der Waals surface area (Å²) in [4.78, 5) is 13.9. The molecular formula is C16H19N3O2. The maximum Gasteiger partial charge on any atom is 0.247 e. The zero-order valence-corrected chi connectivity index (χ0v) is 12.2. The molecule has 1 aliphatic heterocycles. The highest BCUT2D eigenvalue weighted by Gasteiger charge is 2.18. The van der Waals surface area contributed by atoms with Gasteiger partial charge in [-0.1, -0.05) is 17.7 Å². The highest BCUT2D eigenvalue weighted by Crippen LogP contribution is 2.19. The summed E-state index contributed by atoms with van der Waals surface area (Å²) in [5.41, 5.74) is 2.07. The first-order valence-electron chi connectivity index (χ1n) is 7.39. The van der Waals surface area contributed by atoms with Crippen molar-refractivity contribution in [3.8, 4) is 11.5 Å². The van der Waals surface area contributed by atoms with E-state index in [0.29, 0.717) is 24.6 Å². The van der Waals surface area contributed by atoms with Gasteiger partial charge in [0, 0.05) is 31.5 Å². The van der Waals surface area contributed by atoms with Gasteiger partial charge in [0.15, 0.2) is 0 Å². The lowest BCUT2D eigenvalue weighted by Crippen LogP contribution is -2.27. The van der Waals surface area contributed by atoms with Crippen LogP contribution in [0.5, 0.6) is 0 Å². The van der Waals surface area contributed by atoms with Crippen LogP contribution in [0.15, 0.2) is 28.7 Å². The van der Waals surface area contributed by atoms with Gasteiger partial charge in [-0.3, -0.25) is 4.79 Å². The molecule has 5 heteroatoms. The topological polar surface area (TPSA) is 59.2 Å². The van der Waals surface area contributed by atoms with Gasteiger partial charge < -0.3 is 9.32 Å². The number of hydrogen-bond donors (Lipinski definition) is 0. The van der Waals surface area contributed by atoms with Crippen molar-refractivity contribution in [3.05, 3.63) is 35.7 Å². The summed E-state index contributed by atoms with van der Waals surface area (Å²) in [6, 6.07) is 7.94. The molecule has 110 valence electrons. The van der Waals surface area contributed by atoms with Crippen LogP contribution in [0.4, 0.5) is 0 Å². The number of benzene rings is 1.